The van der Waals surface area contributed by atoms with Crippen LogP contribution in [0.1, 0.15) is 104 Å². The van der Waals surface area contributed by atoms with E-state index in [2.05, 4.69) is 76.0 Å². The van der Waals surface area contributed by atoms with Crippen molar-refractivity contribution in [1.29, 1.82) is 0 Å². The Balaban J connectivity index is 0.000000331. The van der Waals surface area contributed by atoms with Crippen molar-refractivity contribution < 1.29 is 30.0 Å². The zero-order valence-electron chi connectivity index (χ0n) is 28.6. The number of aliphatic hydroxyl groups excluding tert-OH is 1. The summed E-state index contributed by atoms with van der Waals surface area (Å²) in [5.74, 6) is 0.286. The van der Waals surface area contributed by atoms with Gasteiger partial charge in [0.2, 0.25) is 0 Å². The molecule has 0 spiro atoms. The van der Waals surface area contributed by atoms with Crippen LogP contribution in [0, 0.1) is 36.2 Å². The Hall–Kier alpha value is -2.40. The van der Waals surface area contributed by atoms with Crippen LogP contribution < -0.4 is 0 Å². The molecule has 2 heterocycles. The minimum Gasteiger partial charge on any atom is -0.512 e. The number of aryl methyl sites for hydroxylation is 2. The molecular weight excluding hydrogens is 741 g/mol. The van der Waals surface area contributed by atoms with E-state index in [0.29, 0.717) is 0 Å². The number of ketones is 1. The zero-order valence-corrected chi connectivity index (χ0v) is 31.8. The SMILES string of the molecule is CCC(C)(CC)C(=O)/C=C(\O)C(C)(CC)CC.Cc1[c-]c(-c2nccc3c2ccc2nc(CC(C)(C)C)sc23)cc(C)c1.[Ir]. The molecule has 0 amide bonds. The van der Waals surface area contributed by atoms with Crippen molar-refractivity contribution in [2.45, 2.75) is 108 Å². The van der Waals surface area contributed by atoms with Gasteiger partial charge in [0.25, 0.3) is 0 Å². The summed E-state index contributed by atoms with van der Waals surface area (Å²) in [6.07, 6.45) is 7.66. The number of aromatic nitrogens is 2. The second-order valence-electron chi connectivity index (χ2n) is 13.7. The number of carbonyl (C=O) groups is 1. The second-order valence-corrected chi connectivity index (χ2v) is 14.8. The number of rotatable bonds is 9. The molecule has 4 aromatic rings. The van der Waals surface area contributed by atoms with Gasteiger partial charge in [0.1, 0.15) is 5.76 Å². The van der Waals surface area contributed by atoms with Crippen LogP contribution in [0.3, 0.4) is 0 Å². The van der Waals surface area contributed by atoms with Crippen molar-refractivity contribution >= 4 is 38.1 Å². The Bertz CT molecular complexity index is 1580. The number of aliphatic hydroxyl groups is 1. The van der Waals surface area contributed by atoms with E-state index >= 15 is 0 Å². The fourth-order valence-corrected chi connectivity index (χ4v) is 6.53. The maximum Gasteiger partial charge on any atom is 0.164 e. The van der Waals surface area contributed by atoms with E-state index in [9.17, 15) is 9.90 Å². The van der Waals surface area contributed by atoms with E-state index in [1.807, 2.05) is 59.1 Å². The van der Waals surface area contributed by atoms with Gasteiger partial charge in [0.05, 0.1) is 15.2 Å². The van der Waals surface area contributed by atoms with Crippen LogP contribution in [0.4, 0.5) is 0 Å². The fraction of sp³-hybridized carbons (Fsp3) is 0.500. The number of fused-ring (bicyclic) bond motifs is 3. The molecule has 0 atom stereocenters. The Morgan fingerprint density at radius 2 is 1.52 bits per heavy atom. The number of allylic oxidation sites excluding steroid dienone is 2. The Morgan fingerprint density at radius 1 is 0.909 bits per heavy atom. The van der Waals surface area contributed by atoms with Crippen molar-refractivity contribution in [3.05, 3.63) is 70.6 Å². The third kappa shape index (κ3) is 8.86. The molecule has 0 fully saturated rings. The zero-order chi connectivity index (χ0) is 32.2. The van der Waals surface area contributed by atoms with Crippen molar-refractivity contribution in [2.75, 3.05) is 0 Å². The van der Waals surface area contributed by atoms with Gasteiger partial charge in [-0.1, -0.05) is 82.2 Å². The summed E-state index contributed by atoms with van der Waals surface area (Å²) in [6.45, 7) is 23.1. The predicted octanol–water partition coefficient (Wildman–Crippen LogP) is 11.2. The van der Waals surface area contributed by atoms with E-state index in [1.165, 1.54) is 32.1 Å². The molecule has 4 nitrogen and oxygen atoms in total. The van der Waals surface area contributed by atoms with Gasteiger partial charge in [-0.25, -0.2) is 4.98 Å². The minimum atomic E-state index is -0.337. The Labute approximate surface area is 283 Å². The summed E-state index contributed by atoms with van der Waals surface area (Å²) in [5.41, 5.74) is 5.17. The van der Waals surface area contributed by atoms with Crippen molar-refractivity contribution in [3.63, 3.8) is 0 Å². The van der Waals surface area contributed by atoms with Gasteiger partial charge in [0.15, 0.2) is 5.78 Å². The summed E-state index contributed by atoms with van der Waals surface area (Å²) in [5, 5.41) is 13.7. The summed E-state index contributed by atoms with van der Waals surface area (Å²) in [6, 6.07) is 14.2. The normalized spacial score (nSPS) is 12.6. The maximum absolute atomic E-state index is 12.2. The van der Waals surface area contributed by atoms with Crippen LogP contribution >= 0.6 is 11.3 Å². The molecule has 0 saturated heterocycles. The van der Waals surface area contributed by atoms with Crippen LogP contribution in [-0.4, -0.2) is 20.9 Å². The first kappa shape index (κ1) is 37.8. The molecule has 0 aliphatic carbocycles. The molecule has 0 bridgehead atoms. The van der Waals surface area contributed by atoms with Gasteiger partial charge in [-0.2, -0.15) is 0 Å². The monoisotopic (exact) mass is 792 g/mol. The van der Waals surface area contributed by atoms with E-state index in [4.69, 9.17) is 4.98 Å². The molecule has 1 N–H and O–H groups in total. The first-order valence-corrected chi connectivity index (χ1v) is 16.5. The van der Waals surface area contributed by atoms with Crippen LogP contribution in [0.5, 0.6) is 0 Å². The molecule has 0 aliphatic rings. The van der Waals surface area contributed by atoms with Crippen LogP contribution in [0.2, 0.25) is 0 Å². The molecule has 1 radical (unpaired) electrons. The number of benzene rings is 2. The van der Waals surface area contributed by atoms with Crippen LogP contribution in [0.25, 0.3) is 32.2 Å². The smallest absolute Gasteiger partial charge is 0.164 e. The third-order valence-electron chi connectivity index (χ3n) is 9.03. The van der Waals surface area contributed by atoms with E-state index < -0.39 is 0 Å². The largest absolute Gasteiger partial charge is 0.512 e. The standard InChI is InChI=1S/C23H23N2S.C15H28O2.Ir/c1-14-10-15(2)12-16(11-14)21-17-6-7-19-22(18(17)8-9-24-21)26-20(25-19)13-23(3,4)5;1-7-14(5,8-2)12(16)11-13(17)15(6,9-3)10-4;/h6-11H,13H2,1-5H3;11,16H,7-10H2,1-6H3;/q-1;;/b;12-11-;. The average Bonchev–Trinajstić information content (AvgIpc) is 3.37. The van der Waals surface area contributed by atoms with Gasteiger partial charge < -0.3 is 10.1 Å². The van der Waals surface area contributed by atoms with E-state index in [0.717, 1.165) is 54.4 Å². The van der Waals surface area contributed by atoms with Gasteiger partial charge in [-0.3, -0.25) is 4.79 Å². The van der Waals surface area contributed by atoms with Gasteiger partial charge in [0, 0.05) is 49.6 Å². The molecule has 2 aromatic carbocycles. The van der Waals surface area contributed by atoms with Crippen LogP contribution in [0.15, 0.2) is 48.4 Å². The maximum atomic E-state index is 12.2. The summed E-state index contributed by atoms with van der Waals surface area (Å²) < 4.78 is 1.26. The first-order valence-electron chi connectivity index (χ1n) is 15.7. The van der Waals surface area contributed by atoms with Crippen molar-refractivity contribution in [2.24, 2.45) is 16.2 Å². The molecular formula is C38H51IrN2O2S-. The average molecular weight is 792 g/mol. The Kier molecular flexibility index (Phi) is 13.1. The summed E-state index contributed by atoms with van der Waals surface area (Å²) >= 11 is 1.81. The number of hydrogen-bond donors (Lipinski definition) is 1. The number of hydrogen-bond acceptors (Lipinski definition) is 5. The quantitative estimate of drug-likeness (QED) is 0.104. The summed E-state index contributed by atoms with van der Waals surface area (Å²) in [7, 11) is 0. The predicted molar refractivity (Wildman–Crippen MR) is 185 cm³/mol. The molecule has 0 aliphatic heterocycles. The molecule has 4 rings (SSSR count). The van der Waals surface area contributed by atoms with Crippen molar-refractivity contribution in [3.8, 4) is 11.3 Å². The van der Waals surface area contributed by atoms with Crippen molar-refractivity contribution in [1.82, 2.24) is 9.97 Å². The molecule has 0 saturated carbocycles. The third-order valence-corrected chi connectivity index (χ3v) is 10.1. The molecule has 44 heavy (non-hydrogen) atoms. The number of thiazole rings is 1. The molecule has 241 valence electrons. The minimum absolute atomic E-state index is 0. The number of nitrogens with zero attached hydrogens (tertiary/aromatic N) is 2. The van der Waals surface area contributed by atoms with E-state index in [-0.39, 0.29) is 47.9 Å². The number of carbonyl (C=O) groups excluding carboxylic acids is 1. The van der Waals surface area contributed by atoms with Gasteiger partial charge in [-0.15, -0.1) is 46.2 Å². The van der Waals surface area contributed by atoms with Crippen LogP contribution in [-0.2, 0) is 31.3 Å². The van der Waals surface area contributed by atoms with Gasteiger partial charge >= 0.3 is 0 Å². The second kappa shape index (κ2) is 15.3. The number of pyridine rings is 1. The van der Waals surface area contributed by atoms with E-state index in [1.54, 1.807) is 0 Å². The molecule has 2 aromatic heterocycles. The Morgan fingerprint density at radius 3 is 2.07 bits per heavy atom. The molecule has 0 unspecified atom stereocenters. The summed E-state index contributed by atoms with van der Waals surface area (Å²) in [4.78, 5) is 21.7. The molecule has 6 heteroatoms. The fourth-order valence-electron chi connectivity index (χ4n) is 5.14. The van der Waals surface area contributed by atoms with Gasteiger partial charge in [-0.05, 0) is 59.7 Å². The topological polar surface area (TPSA) is 63.1 Å². The first-order chi connectivity index (χ1) is 20.1.